The maximum Gasteiger partial charge on any atom is 0.422 e. The summed E-state index contributed by atoms with van der Waals surface area (Å²) in [5.74, 6) is -1.62. The first-order valence-electron chi connectivity index (χ1n) is 3.98. The van der Waals surface area contributed by atoms with Crippen LogP contribution < -0.4 is 5.32 Å². The Kier molecular flexibility index (Phi) is 4.54. The maximum atomic E-state index is 11.6. The van der Waals surface area contributed by atoms with Crippen molar-refractivity contribution >= 4 is 12.1 Å². The molecule has 9 heteroatoms. The molecule has 0 aromatic rings. The number of hydrogen-bond acceptors (Lipinski definition) is 4. The normalized spacial score (nSPS) is 15.1. The Morgan fingerprint density at radius 3 is 2.25 bits per heavy atom. The number of carboxylic acids is 1. The molecule has 0 radical (unpaired) electrons. The van der Waals surface area contributed by atoms with Crippen LogP contribution in [0, 0.1) is 0 Å². The van der Waals surface area contributed by atoms with Crippen LogP contribution in [0.3, 0.4) is 0 Å². The Morgan fingerprint density at radius 1 is 1.38 bits per heavy atom. The van der Waals surface area contributed by atoms with Crippen LogP contribution in [0.2, 0.25) is 0 Å². The number of hydrogen-bond donors (Lipinski definition) is 3. The van der Waals surface area contributed by atoms with Gasteiger partial charge in [-0.1, -0.05) is 0 Å². The van der Waals surface area contributed by atoms with E-state index < -0.39 is 37.0 Å². The molecule has 6 nitrogen and oxygen atoms in total. The van der Waals surface area contributed by atoms with Gasteiger partial charge in [-0.2, -0.15) is 13.2 Å². The van der Waals surface area contributed by atoms with E-state index in [1.165, 1.54) is 0 Å². The van der Waals surface area contributed by atoms with Gasteiger partial charge in [0.1, 0.15) is 0 Å². The number of aliphatic hydroxyl groups is 1. The molecular weight excluding hydrogens is 235 g/mol. The van der Waals surface area contributed by atoms with Crippen LogP contribution in [0.15, 0.2) is 0 Å². The van der Waals surface area contributed by atoms with Crippen LogP contribution in [0.4, 0.5) is 18.0 Å². The second kappa shape index (κ2) is 5.01. The predicted octanol–water partition coefficient (Wildman–Crippen LogP) is 0.111. The fourth-order valence-electron chi connectivity index (χ4n) is 0.518. The van der Waals surface area contributed by atoms with Crippen molar-refractivity contribution in [3.05, 3.63) is 0 Å². The molecule has 0 rings (SSSR count). The van der Waals surface area contributed by atoms with Crippen molar-refractivity contribution in [3.8, 4) is 0 Å². The summed E-state index contributed by atoms with van der Waals surface area (Å²) in [6.07, 6.45) is -6.12. The monoisotopic (exact) mass is 245 g/mol. The van der Waals surface area contributed by atoms with E-state index in [0.717, 1.165) is 6.92 Å². The van der Waals surface area contributed by atoms with E-state index in [4.69, 9.17) is 10.2 Å². The Bertz CT molecular complexity index is 276. The van der Waals surface area contributed by atoms with Gasteiger partial charge >= 0.3 is 18.2 Å². The maximum absolute atomic E-state index is 11.6. The Balaban J connectivity index is 3.96. The molecular formula is C7H10F3NO5. The van der Waals surface area contributed by atoms with Crippen molar-refractivity contribution in [2.75, 3.05) is 13.2 Å². The van der Waals surface area contributed by atoms with E-state index in [-0.39, 0.29) is 0 Å². The Morgan fingerprint density at radius 2 is 1.88 bits per heavy atom. The van der Waals surface area contributed by atoms with Crippen molar-refractivity contribution in [1.29, 1.82) is 0 Å². The number of alkyl carbamates (subject to hydrolysis) is 1. The van der Waals surface area contributed by atoms with E-state index in [1.807, 2.05) is 0 Å². The average molecular weight is 245 g/mol. The number of aliphatic carboxylic acids is 1. The van der Waals surface area contributed by atoms with Crippen LogP contribution in [-0.2, 0) is 9.53 Å². The number of rotatable bonds is 4. The van der Waals surface area contributed by atoms with Gasteiger partial charge in [0, 0.05) is 0 Å². The summed E-state index contributed by atoms with van der Waals surface area (Å²) in [5, 5.41) is 19.2. The highest BCUT2D eigenvalue weighted by molar-refractivity contribution is 5.78. The predicted molar refractivity (Wildman–Crippen MR) is 43.7 cm³/mol. The molecule has 1 unspecified atom stereocenters. The molecule has 0 aliphatic heterocycles. The lowest BCUT2D eigenvalue weighted by molar-refractivity contribution is -0.161. The van der Waals surface area contributed by atoms with Gasteiger partial charge in [0.15, 0.2) is 12.2 Å². The number of alkyl halides is 3. The number of nitrogens with one attached hydrogen (secondary N) is 1. The van der Waals surface area contributed by atoms with Gasteiger partial charge in [0.2, 0.25) is 0 Å². The third-order valence-corrected chi connectivity index (χ3v) is 1.40. The van der Waals surface area contributed by atoms with Crippen LogP contribution >= 0.6 is 0 Å². The summed E-state index contributed by atoms with van der Waals surface area (Å²) in [6.45, 7) is -1.67. The first-order valence-corrected chi connectivity index (χ1v) is 3.98. The van der Waals surface area contributed by atoms with E-state index in [2.05, 4.69) is 4.74 Å². The van der Waals surface area contributed by atoms with E-state index in [9.17, 15) is 22.8 Å². The van der Waals surface area contributed by atoms with Gasteiger partial charge in [0.05, 0.1) is 6.54 Å². The van der Waals surface area contributed by atoms with Crippen molar-refractivity contribution in [2.45, 2.75) is 18.7 Å². The smallest absolute Gasteiger partial charge is 0.422 e. The van der Waals surface area contributed by atoms with E-state index in [1.54, 1.807) is 5.32 Å². The van der Waals surface area contributed by atoms with Gasteiger partial charge in [-0.05, 0) is 6.92 Å². The number of carbonyl (C=O) groups excluding carboxylic acids is 1. The summed E-state index contributed by atoms with van der Waals surface area (Å²) >= 11 is 0. The number of amides is 1. The Labute approximate surface area is 88.0 Å². The summed E-state index contributed by atoms with van der Waals surface area (Å²) in [5.41, 5.74) is -2.27. The molecule has 0 spiro atoms. The quantitative estimate of drug-likeness (QED) is 0.653. The molecule has 1 amide bonds. The molecule has 0 saturated heterocycles. The van der Waals surface area contributed by atoms with Crippen LogP contribution in [0.1, 0.15) is 6.92 Å². The zero-order valence-electron chi connectivity index (χ0n) is 8.17. The van der Waals surface area contributed by atoms with Gasteiger partial charge < -0.3 is 20.3 Å². The fourth-order valence-corrected chi connectivity index (χ4v) is 0.518. The molecule has 94 valence electrons. The van der Waals surface area contributed by atoms with E-state index >= 15 is 0 Å². The van der Waals surface area contributed by atoms with Crippen molar-refractivity contribution < 1.29 is 37.7 Å². The van der Waals surface area contributed by atoms with Crippen molar-refractivity contribution in [3.63, 3.8) is 0 Å². The zero-order valence-corrected chi connectivity index (χ0v) is 8.17. The number of ether oxygens (including phenoxy) is 1. The first kappa shape index (κ1) is 14.5. The van der Waals surface area contributed by atoms with Crippen LogP contribution in [-0.4, -0.2) is 47.2 Å². The zero-order chi connectivity index (χ0) is 13.0. The molecule has 0 aromatic carbocycles. The number of halogens is 3. The van der Waals surface area contributed by atoms with E-state index in [0.29, 0.717) is 0 Å². The summed E-state index contributed by atoms with van der Waals surface area (Å²) in [4.78, 5) is 21.0. The molecule has 0 fully saturated rings. The molecule has 3 N–H and O–H groups in total. The summed E-state index contributed by atoms with van der Waals surface area (Å²) in [6, 6.07) is 0. The number of carboxylic acid groups (broad SMARTS) is 1. The highest BCUT2D eigenvalue weighted by atomic mass is 19.4. The van der Waals surface area contributed by atoms with Crippen molar-refractivity contribution in [2.24, 2.45) is 0 Å². The third-order valence-electron chi connectivity index (χ3n) is 1.40. The van der Waals surface area contributed by atoms with Gasteiger partial charge in [-0.25, -0.2) is 9.59 Å². The minimum absolute atomic E-state index is 0.765. The lowest BCUT2D eigenvalue weighted by Gasteiger charge is -2.18. The standard InChI is InChI=1S/C7H10F3NO5/c1-6(15,4(12)13)2-11-5(14)16-3-7(8,9)10/h15H,2-3H2,1H3,(H,11,14)(H,12,13). The lowest BCUT2D eigenvalue weighted by Crippen LogP contribution is -2.47. The fraction of sp³-hybridized carbons (Fsp3) is 0.714. The van der Waals surface area contributed by atoms with Crippen molar-refractivity contribution in [1.82, 2.24) is 5.32 Å². The largest absolute Gasteiger partial charge is 0.479 e. The van der Waals surface area contributed by atoms with Gasteiger partial charge in [-0.15, -0.1) is 0 Å². The highest BCUT2D eigenvalue weighted by Gasteiger charge is 2.32. The molecule has 16 heavy (non-hydrogen) atoms. The SMILES string of the molecule is CC(O)(CNC(=O)OCC(F)(F)F)C(=O)O. The van der Waals surface area contributed by atoms with Gasteiger partial charge in [0.25, 0.3) is 0 Å². The molecule has 0 bridgehead atoms. The van der Waals surface area contributed by atoms with Crippen LogP contribution in [0.5, 0.6) is 0 Å². The summed E-state index contributed by atoms with van der Waals surface area (Å²) < 4.78 is 38.4. The molecule has 0 aromatic heterocycles. The summed E-state index contributed by atoms with van der Waals surface area (Å²) in [7, 11) is 0. The topological polar surface area (TPSA) is 95.9 Å². The first-order chi connectivity index (χ1) is 7.04. The molecule has 0 aliphatic rings. The average Bonchev–Trinajstić information content (AvgIpc) is 2.10. The molecule has 0 heterocycles. The van der Waals surface area contributed by atoms with Crippen LogP contribution in [0.25, 0.3) is 0 Å². The second-order valence-electron chi connectivity index (χ2n) is 3.12. The third kappa shape index (κ3) is 6.06. The Hall–Kier alpha value is -1.51. The number of carbonyl (C=O) groups is 2. The minimum Gasteiger partial charge on any atom is -0.479 e. The lowest BCUT2D eigenvalue weighted by atomic mass is 10.1. The second-order valence-corrected chi connectivity index (χ2v) is 3.12. The minimum atomic E-state index is -4.66. The highest BCUT2D eigenvalue weighted by Crippen LogP contribution is 2.14. The van der Waals surface area contributed by atoms with Gasteiger partial charge in [-0.3, -0.25) is 0 Å². The molecule has 1 atom stereocenters. The molecule has 0 aliphatic carbocycles. The molecule has 0 saturated carbocycles.